The van der Waals surface area contributed by atoms with E-state index in [2.05, 4.69) is 18.3 Å². The Kier molecular flexibility index (Phi) is 3.18. The van der Waals surface area contributed by atoms with Crippen molar-refractivity contribution in [2.24, 2.45) is 0 Å². The molecule has 0 aromatic heterocycles. The van der Waals surface area contributed by atoms with Gasteiger partial charge in [-0.05, 0) is 36.6 Å². The lowest BCUT2D eigenvalue weighted by molar-refractivity contribution is -0.123. The van der Waals surface area contributed by atoms with Crippen LogP contribution >= 0.6 is 0 Å². The number of hydrogen-bond donors (Lipinski definition) is 1. The Bertz CT molecular complexity index is 799. The number of para-hydroxylation sites is 2. The van der Waals surface area contributed by atoms with Crippen LogP contribution in [0, 0.1) is 0 Å². The summed E-state index contributed by atoms with van der Waals surface area (Å²) in [6, 6.07) is 15.7. The molecule has 0 fully saturated rings. The molecule has 2 aliphatic heterocycles. The molecule has 0 saturated carbocycles. The van der Waals surface area contributed by atoms with Crippen LogP contribution in [0.1, 0.15) is 30.4 Å². The van der Waals surface area contributed by atoms with E-state index >= 15 is 0 Å². The summed E-state index contributed by atoms with van der Waals surface area (Å²) in [4.78, 5) is 27.0. The van der Waals surface area contributed by atoms with Gasteiger partial charge in [0, 0.05) is 23.8 Å². The Morgan fingerprint density at radius 3 is 2.78 bits per heavy atom. The first-order valence-corrected chi connectivity index (χ1v) is 7.95. The number of anilines is 2. The van der Waals surface area contributed by atoms with Gasteiger partial charge >= 0.3 is 0 Å². The molecule has 2 aliphatic rings. The predicted octanol–water partition coefficient (Wildman–Crippen LogP) is 3.09. The van der Waals surface area contributed by atoms with E-state index in [0.717, 1.165) is 23.4 Å². The SMILES string of the molecule is C[C@@H]1Cc2ccccc2N1C(=O)C[C@@H]1C(=O)Nc2ccccc21. The number of carbonyl (C=O) groups is 2. The van der Waals surface area contributed by atoms with E-state index in [-0.39, 0.29) is 24.3 Å². The molecule has 0 saturated heterocycles. The normalized spacial score (nSPS) is 21.8. The van der Waals surface area contributed by atoms with Gasteiger partial charge in [-0.1, -0.05) is 36.4 Å². The molecule has 2 heterocycles. The molecule has 116 valence electrons. The smallest absolute Gasteiger partial charge is 0.232 e. The highest BCUT2D eigenvalue weighted by molar-refractivity contribution is 6.07. The third kappa shape index (κ3) is 2.22. The average molecular weight is 306 g/mol. The number of nitrogens with one attached hydrogen (secondary N) is 1. The maximum Gasteiger partial charge on any atom is 0.232 e. The molecule has 1 N–H and O–H groups in total. The number of hydrogen-bond acceptors (Lipinski definition) is 2. The van der Waals surface area contributed by atoms with Gasteiger partial charge in [0.2, 0.25) is 11.8 Å². The zero-order valence-corrected chi connectivity index (χ0v) is 13.0. The Balaban J connectivity index is 1.61. The van der Waals surface area contributed by atoms with Gasteiger partial charge in [-0.3, -0.25) is 9.59 Å². The van der Waals surface area contributed by atoms with Gasteiger partial charge in [-0.25, -0.2) is 0 Å². The van der Waals surface area contributed by atoms with Gasteiger partial charge in [0.15, 0.2) is 0 Å². The maximum atomic E-state index is 12.9. The summed E-state index contributed by atoms with van der Waals surface area (Å²) in [7, 11) is 0. The Morgan fingerprint density at radius 1 is 1.17 bits per heavy atom. The lowest BCUT2D eigenvalue weighted by Crippen LogP contribution is -2.37. The first kappa shape index (κ1) is 14.0. The predicted molar refractivity (Wildman–Crippen MR) is 89.5 cm³/mol. The molecule has 2 aromatic rings. The number of nitrogens with zero attached hydrogens (tertiary/aromatic N) is 1. The van der Waals surface area contributed by atoms with Gasteiger partial charge in [0.05, 0.1) is 5.92 Å². The number of rotatable bonds is 2. The summed E-state index contributed by atoms with van der Waals surface area (Å²) in [6.45, 7) is 2.06. The summed E-state index contributed by atoms with van der Waals surface area (Å²) < 4.78 is 0. The number of fused-ring (bicyclic) bond motifs is 2. The fourth-order valence-electron chi connectivity index (χ4n) is 3.70. The molecular weight excluding hydrogens is 288 g/mol. The van der Waals surface area contributed by atoms with Crippen molar-refractivity contribution in [1.82, 2.24) is 0 Å². The van der Waals surface area contributed by atoms with Gasteiger partial charge in [0.1, 0.15) is 0 Å². The summed E-state index contributed by atoms with van der Waals surface area (Å²) in [5.74, 6) is -0.461. The molecule has 4 rings (SSSR count). The molecule has 2 amide bonds. The van der Waals surface area contributed by atoms with Crippen LogP contribution in [0.5, 0.6) is 0 Å². The standard InChI is InChI=1S/C19H18N2O2/c1-12-10-13-6-2-5-9-17(13)21(12)18(22)11-15-14-7-3-4-8-16(14)20-19(15)23/h2-9,12,15H,10-11H2,1H3,(H,20,23)/t12-,15+/m1/s1. The van der Waals surface area contributed by atoms with Gasteiger partial charge in [-0.2, -0.15) is 0 Å². The molecule has 23 heavy (non-hydrogen) atoms. The second-order valence-corrected chi connectivity index (χ2v) is 6.28. The third-order valence-corrected chi connectivity index (χ3v) is 4.77. The molecule has 0 spiro atoms. The topological polar surface area (TPSA) is 49.4 Å². The number of amides is 2. The third-order valence-electron chi connectivity index (χ3n) is 4.77. The van der Waals surface area contributed by atoms with Crippen LogP contribution in [0.15, 0.2) is 48.5 Å². The van der Waals surface area contributed by atoms with Crippen LogP contribution in [0.25, 0.3) is 0 Å². The van der Waals surface area contributed by atoms with Crippen molar-refractivity contribution in [3.8, 4) is 0 Å². The lowest BCUT2D eigenvalue weighted by Gasteiger charge is -2.24. The van der Waals surface area contributed by atoms with Crippen LogP contribution in [-0.2, 0) is 16.0 Å². The van der Waals surface area contributed by atoms with E-state index in [1.807, 2.05) is 47.4 Å². The van der Waals surface area contributed by atoms with E-state index in [0.29, 0.717) is 0 Å². The van der Waals surface area contributed by atoms with E-state index in [9.17, 15) is 9.59 Å². The first-order valence-electron chi connectivity index (χ1n) is 7.95. The van der Waals surface area contributed by atoms with Crippen LogP contribution in [0.3, 0.4) is 0 Å². The van der Waals surface area contributed by atoms with Crippen molar-refractivity contribution in [2.75, 3.05) is 10.2 Å². The van der Waals surface area contributed by atoms with Crippen molar-refractivity contribution in [1.29, 1.82) is 0 Å². The Hall–Kier alpha value is -2.62. The van der Waals surface area contributed by atoms with E-state index in [1.165, 1.54) is 5.56 Å². The van der Waals surface area contributed by atoms with Crippen molar-refractivity contribution >= 4 is 23.2 Å². The van der Waals surface area contributed by atoms with Crippen molar-refractivity contribution in [3.63, 3.8) is 0 Å². The fourth-order valence-corrected chi connectivity index (χ4v) is 3.70. The minimum Gasteiger partial charge on any atom is -0.325 e. The second-order valence-electron chi connectivity index (χ2n) is 6.28. The molecule has 0 bridgehead atoms. The summed E-state index contributed by atoms with van der Waals surface area (Å²) in [5, 5.41) is 2.86. The highest BCUT2D eigenvalue weighted by Gasteiger charge is 2.36. The van der Waals surface area contributed by atoms with Crippen molar-refractivity contribution < 1.29 is 9.59 Å². The molecule has 0 unspecified atom stereocenters. The van der Waals surface area contributed by atoms with Gasteiger partial charge in [0.25, 0.3) is 0 Å². The quantitative estimate of drug-likeness (QED) is 0.927. The highest BCUT2D eigenvalue weighted by atomic mass is 16.2. The van der Waals surface area contributed by atoms with Crippen LogP contribution in [-0.4, -0.2) is 17.9 Å². The van der Waals surface area contributed by atoms with E-state index in [4.69, 9.17) is 0 Å². The molecule has 0 radical (unpaired) electrons. The molecule has 2 aromatic carbocycles. The number of benzene rings is 2. The minimum atomic E-state index is -0.390. The number of carbonyl (C=O) groups excluding carboxylic acids is 2. The monoisotopic (exact) mass is 306 g/mol. The van der Waals surface area contributed by atoms with Gasteiger partial charge in [-0.15, -0.1) is 0 Å². The molecule has 4 nitrogen and oxygen atoms in total. The largest absolute Gasteiger partial charge is 0.325 e. The lowest BCUT2D eigenvalue weighted by atomic mass is 9.96. The molecule has 2 atom stereocenters. The van der Waals surface area contributed by atoms with Crippen molar-refractivity contribution in [2.45, 2.75) is 31.7 Å². The van der Waals surface area contributed by atoms with Crippen LogP contribution < -0.4 is 10.2 Å². The molecular formula is C19H18N2O2. The second kappa shape index (κ2) is 5.23. The van der Waals surface area contributed by atoms with Crippen molar-refractivity contribution in [3.05, 3.63) is 59.7 Å². The molecule has 0 aliphatic carbocycles. The summed E-state index contributed by atoms with van der Waals surface area (Å²) in [5.41, 5.74) is 3.93. The van der Waals surface area contributed by atoms with Crippen LogP contribution in [0.2, 0.25) is 0 Å². The van der Waals surface area contributed by atoms with Crippen LogP contribution in [0.4, 0.5) is 11.4 Å². The van der Waals surface area contributed by atoms with E-state index < -0.39 is 5.92 Å². The Labute approximate surface area is 135 Å². The van der Waals surface area contributed by atoms with Gasteiger partial charge < -0.3 is 10.2 Å². The van der Waals surface area contributed by atoms with E-state index in [1.54, 1.807) is 0 Å². The fraction of sp³-hybridized carbons (Fsp3) is 0.263. The zero-order valence-electron chi connectivity index (χ0n) is 13.0. The summed E-state index contributed by atoms with van der Waals surface area (Å²) >= 11 is 0. The highest BCUT2D eigenvalue weighted by Crippen LogP contribution is 2.37. The Morgan fingerprint density at radius 2 is 1.91 bits per heavy atom. The zero-order chi connectivity index (χ0) is 16.0. The average Bonchev–Trinajstić information content (AvgIpc) is 3.04. The first-order chi connectivity index (χ1) is 11.1. The summed E-state index contributed by atoms with van der Waals surface area (Å²) in [6.07, 6.45) is 1.08. The maximum absolute atomic E-state index is 12.9. The minimum absolute atomic E-state index is 0.0132. The molecule has 4 heteroatoms.